The quantitative estimate of drug-likeness (QED) is 0.592. The van der Waals surface area contributed by atoms with Gasteiger partial charge in [-0.2, -0.15) is 0 Å². The monoisotopic (exact) mass is 263 g/mol. The highest BCUT2D eigenvalue weighted by molar-refractivity contribution is 5.33. The van der Waals surface area contributed by atoms with Gasteiger partial charge >= 0.3 is 0 Å². The van der Waals surface area contributed by atoms with E-state index in [2.05, 4.69) is 24.4 Å². The zero-order valence-electron chi connectivity index (χ0n) is 12.6. The fraction of sp³-hybridized carbons (Fsp3) is 0.647. The third-order valence-electron chi connectivity index (χ3n) is 3.30. The van der Waals surface area contributed by atoms with Crippen molar-refractivity contribution in [3.8, 4) is 5.75 Å². The number of para-hydroxylation sites is 1. The second kappa shape index (κ2) is 10.9. The molecule has 0 aliphatic rings. The Morgan fingerprint density at radius 2 is 1.68 bits per heavy atom. The van der Waals surface area contributed by atoms with Crippen LogP contribution in [0.4, 0.5) is 0 Å². The number of rotatable bonds is 11. The molecule has 0 aliphatic heterocycles. The Morgan fingerprint density at radius 1 is 0.947 bits per heavy atom. The van der Waals surface area contributed by atoms with Crippen LogP contribution in [-0.2, 0) is 6.54 Å². The summed E-state index contributed by atoms with van der Waals surface area (Å²) in [6.45, 7) is 7.03. The first-order valence-corrected chi connectivity index (χ1v) is 7.80. The molecule has 1 rings (SSSR count). The smallest absolute Gasteiger partial charge is 0.123 e. The standard InChI is InChI=1S/C17H29NO/c1-3-5-6-7-8-11-14-18-15-16-12-9-10-13-17(16)19-4-2/h9-10,12-13,18H,3-8,11,14-15H2,1-2H3. The van der Waals surface area contributed by atoms with Crippen molar-refractivity contribution in [1.29, 1.82) is 0 Å². The van der Waals surface area contributed by atoms with Gasteiger partial charge in [0, 0.05) is 12.1 Å². The largest absolute Gasteiger partial charge is 0.494 e. The fourth-order valence-electron chi connectivity index (χ4n) is 2.20. The van der Waals surface area contributed by atoms with Crippen molar-refractivity contribution in [3.63, 3.8) is 0 Å². The molecule has 0 radical (unpaired) electrons. The highest BCUT2D eigenvalue weighted by Gasteiger charge is 2.01. The van der Waals surface area contributed by atoms with E-state index in [9.17, 15) is 0 Å². The summed E-state index contributed by atoms with van der Waals surface area (Å²) in [5.74, 6) is 1.01. The van der Waals surface area contributed by atoms with E-state index in [4.69, 9.17) is 4.74 Å². The van der Waals surface area contributed by atoms with E-state index >= 15 is 0 Å². The maximum atomic E-state index is 5.62. The Hall–Kier alpha value is -1.02. The van der Waals surface area contributed by atoms with Crippen molar-refractivity contribution in [2.24, 2.45) is 0 Å². The molecule has 19 heavy (non-hydrogen) atoms. The highest BCUT2D eigenvalue weighted by atomic mass is 16.5. The van der Waals surface area contributed by atoms with Gasteiger partial charge in [-0.1, -0.05) is 57.2 Å². The number of nitrogens with one attached hydrogen (secondary N) is 1. The number of unbranched alkanes of at least 4 members (excludes halogenated alkanes) is 5. The third kappa shape index (κ3) is 7.22. The van der Waals surface area contributed by atoms with Crippen molar-refractivity contribution in [3.05, 3.63) is 29.8 Å². The molecule has 0 saturated carbocycles. The topological polar surface area (TPSA) is 21.3 Å². The van der Waals surface area contributed by atoms with Crippen molar-refractivity contribution in [2.75, 3.05) is 13.2 Å². The first-order valence-electron chi connectivity index (χ1n) is 7.80. The van der Waals surface area contributed by atoms with E-state index in [0.717, 1.165) is 25.4 Å². The summed E-state index contributed by atoms with van der Waals surface area (Å²) in [5.41, 5.74) is 1.26. The summed E-state index contributed by atoms with van der Waals surface area (Å²) < 4.78 is 5.62. The lowest BCUT2D eigenvalue weighted by Crippen LogP contribution is -2.15. The summed E-state index contributed by atoms with van der Waals surface area (Å²) in [6.07, 6.45) is 8.11. The van der Waals surface area contributed by atoms with E-state index in [1.54, 1.807) is 0 Å². The average molecular weight is 263 g/mol. The van der Waals surface area contributed by atoms with Crippen LogP contribution in [0.25, 0.3) is 0 Å². The minimum absolute atomic E-state index is 0.731. The number of hydrogen-bond donors (Lipinski definition) is 1. The van der Waals surface area contributed by atoms with Crippen LogP contribution in [0.5, 0.6) is 5.75 Å². The van der Waals surface area contributed by atoms with E-state index < -0.39 is 0 Å². The van der Waals surface area contributed by atoms with Gasteiger partial charge in [-0.05, 0) is 26.0 Å². The van der Waals surface area contributed by atoms with Crippen LogP contribution < -0.4 is 10.1 Å². The maximum Gasteiger partial charge on any atom is 0.123 e. The van der Waals surface area contributed by atoms with Gasteiger partial charge in [-0.15, -0.1) is 0 Å². The molecule has 0 amide bonds. The van der Waals surface area contributed by atoms with Gasteiger partial charge in [0.05, 0.1) is 6.61 Å². The third-order valence-corrected chi connectivity index (χ3v) is 3.30. The van der Waals surface area contributed by atoms with E-state index in [1.807, 2.05) is 19.1 Å². The van der Waals surface area contributed by atoms with Gasteiger partial charge in [0.1, 0.15) is 5.75 Å². The molecule has 0 unspecified atom stereocenters. The van der Waals surface area contributed by atoms with Crippen LogP contribution in [0.2, 0.25) is 0 Å². The number of benzene rings is 1. The number of hydrogen-bond acceptors (Lipinski definition) is 2. The summed E-state index contributed by atoms with van der Waals surface area (Å²) in [6, 6.07) is 8.29. The summed E-state index contributed by atoms with van der Waals surface area (Å²) in [4.78, 5) is 0. The molecular formula is C17H29NO. The summed E-state index contributed by atoms with van der Waals surface area (Å²) >= 11 is 0. The zero-order valence-corrected chi connectivity index (χ0v) is 12.6. The second-order valence-electron chi connectivity index (χ2n) is 4.99. The molecule has 1 aromatic carbocycles. The molecule has 0 bridgehead atoms. The van der Waals surface area contributed by atoms with Crippen molar-refractivity contribution in [1.82, 2.24) is 5.32 Å². The molecular weight excluding hydrogens is 234 g/mol. The molecule has 0 heterocycles. The Labute approximate surface area is 118 Å². The van der Waals surface area contributed by atoms with Gasteiger partial charge in [0.2, 0.25) is 0 Å². The SMILES string of the molecule is CCCCCCCCNCc1ccccc1OCC. The van der Waals surface area contributed by atoms with Crippen LogP contribution in [0.1, 0.15) is 57.9 Å². The Balaban J connectivity index is 2.12. The Morgan fingerprint density at radius 3 is 2.47 bits per heavy atom. The second-order valence-corrected chi connectivity index (χ2v) is 4.99. The highest BCUT2D eigenvalue weighted by Crippen LogP contribution is 2.17. The van der Waals surface area contributed by atoms with Crippen LogP contribution in [0.15, 0.2) is 24.3 Å². The normalized spacial score (nSPS) is 10.6. The molecule has 0 fully saturated rings. The predicted molar refractivity (Wildman–Crippen MR) is 82.7 cm³/mol. The molecule has 2 heteroatoms. The molecule has 0 atom stereocenters. The summed E-state index contributed by atoms with van der Waals surface area (Å²) in [5, 5.41) is 3.51. The van der Waals surface area contributed by atoms with Crippen molar-refractivity contribution < 1.29 is 4.74 Å². The van der Waals surface area contributed by atoms with Gasteiger partial charge in [-0.25, -0.2) is 0 Å². The Kier molecular flexibility index (Phi) is 9.17. The first kappa shape index (κ1) is 16.0. The van der Waals surface area contributed by atoms with Crippen LogP contribution in [0, 0.1) is 0 Å². The molecule has 1 N–H and O–H groups in total. The summed E-state index contributed by atoms with van der Waals surface area (Å²) in [7, 11) is 0. The van der Waals surface area contributed by atoms with Gasteiger partial charge in [-0.3, -0.25) is 0 Å². The van der Waals surface area contributed by atoms with Crippen molar-refractivity contribution in [2.45, 2.75) is 58.9 Å². The van der Waals surface area contributed by atoms with Crippen LogP contribution in [0.3, 0.4) is 0 Å². The Bertz CT molecular complexity index is 325. The molecule has 2 nitrogen and oxygen atoms in total. The molecule has 0 aromatic heterocycles. The minimum Gasteiger partial charge on any atom is -0.494 e. The van der Waals surface area contributed by atoms with Crippen LogP contribution >= 0.6 is 0 Å². The molecule has 1 aromatic rings. The van der Waals surface area contributed by atoms with Crippen molar-refractivity contribution >= 4 is 0 Å². The van der Waals surface area contributed by atoms with Gasteiger partial charge in [0.25, 0.3) is 0 Å². The minimum atomic E-state index is 0.731. The fourth-order valence-corrected chi connectivity index (χ4v) is 2.20. The zero-order chi connectivity index (χ0) is 13.8. The lowest BCUT2D eigenvalue weighted by Gasteiger charge is -2.10. The molecule has 0 aliphatic carbocycles. The molecule has 0 spiro atoms. The van der Waals surface area contributed by atoms with E-state index in [-0.39, 0.29) is 0 Å². The predicted octanol–water partition coefficient (Wildman–Crippen LogP) is 4.54. The lowest BCUT2D eigenvalue weighted by molar-refractivity contribution is 0.335. The molecule has 0 saturated heterocycles. The maximum absolute atomic E-state index is 5.62. The average Bonchev–Trinajstić information content (AvgIpc) is 2.44. The lowest BCUT2D eigenvalue weighted by atomic mass is 10.1. The number of ether oxygens (including phenoxy) is 1. The van der Waals surface area contributed by atoms with Gasteiger partial charge in [0.15, 0.2) is 0 Å². The van der Waals surface area contributed by atoms with Crippen LogP contribution in [-0.4, -0.2) is 13.2 Å². The molecule has 108 valence electrons. The van der Waals surface area contributed by atoms with E-state index in [0.29, 0.717) is 0 Å². The van der Waals surface area contributed by atoms with E-state index in [1.165, 1.54) is 44.1 Å². The van der Waals surface area contributed by atoms with Gasteiger partial charge < -0.3 is 10.1 Å². The first-order chi connectivity index (χ1) is 9.38.